The van der Waals surface area contributed by atoms with Crippen LogP contribution in [0.15, 0.2) is 96.1 Å². The second-order valence-electron chi connectivity index (χ2n) is 10.4. The summed E-state index contributed by atoms with van der Waals surface area (Å²) in [6.45, 7) is 6.58. The van der Waals surface area contributed by atoms with Crippen molar-refractivity contribution in [1.82, 2.24) is 0 Å². The second-order valence-corrected chi connectivity index (χ2v) is 14.7. The van der Waals surface area contributed by atoms with Crippen LogP contribution in [0.4, 0.5) is 0 Å². The van der Waals surface area contributed by atoms with E-state index in [-0.39, 0.29) is 18.3 Å². The summed E-state index contributed by atoms with van der Waals surface area (Å²) in [6.07, 6.45) is -3.51. The van der Waals surface area contributed by atoms with Crippen molar-refractivity contribution in [3.8, 4) is 0 Å². The van der Waals surface area contributed by atoms with E-state index in [0.717, 1.165) is 15.9 Å². The van der Waals surface area contributed by atoms with Gasteiger partial charge in [0.25, 0.3) is 8.32 Å². The van der Waals surface area contributed by atoms with Crippen molar-refractivity contribution in [2.75, 3.05) is 6.61 Å². The molecule has 0 spiro atoms. The molecule has 0 amide bonds. The summed E-state index contributed by atoms with van der Waals surface area (Å²) in [5.74, 6) is -0.809. The van der Waals surface area contributed by atoms with Crippen molar-refractivity contribution >= 4 is 24.7 Å². The predicted molar refractivity (Wildman–Crippen MR) is 147 cm³/mol. The molecule has 4 rings (SSSR count). The van der Waals surface area contributed by atoms with Crippen LogP contribution in [-0.2, 0) is 25.3 Å². The predicted octanol–water partition coefficient (Wildman–Crippen LogP) is 4.11. The molecule has 1 fully saturated rings. The van der Waals surface area contributed by atoms with Gasteiger partial charge in [-0.2, -0.15) is 0 Å². The molecule has 9 heteroatoms. The molecule has 3 aromatic carbocycles. The van der Waals surface area contributed by atoms with Gasteiger partial charge < -0.3 is 19.0 Å². The fourth-order valence-corrected chi connectivity index (χ4v) is 9.64. The van der Waals surface area contributed by atoms with Gasteiger partial charge in [-0.25, -0.2) is 4.79 Å². The average molecular weight is 532 g/mol. The van der Waals surface area contributed by atoms with E-state index < -0.39 is 38.6 Å². The van der Waals surface area contributed by atoms with E-state index in [1.165, 1.54) is 0 Å². The van der Waals surface area contributed by atoms with Gasteiger partial charge in [-0.1, -0.05) is 117 Å². The standard InChI is InChI=1S/C29H33N3O5Si/c1-29(2,3)38(22-15-9-5-10-16-22,23-17-11-6-12-18-23)36-20-24(31-32-30)26-27(25(33)28(34)37-26)35-19-21-13-7-4-8-14-21/h4-18,24-27,33H,19-20H2,1-3H3/t24-,25-,26-,27-/m1/s1. The number of aliphatic hydroxyl groups excluding tert-OH is 1. The zero-order chi connectivity index (χ0) is 27.2. The molecule has 198 valence electrons. The van der Waals surface area contributed by atoms with Crippen LogP contribution in [0.2, 0.25) is 5.04 Å². The first-order chi connectivity index (χ1) is 18.3. The van der Waals surface area contributed by atoms with Crippen LogP contribution in [0, 0.1) is 0 Å². The second kappa shape index (κ2) is 11.9. The molecule has 0 unspecified atom stereocenters. The highest BCUT2D eigenvalue weighted by Gasteiger charge is 2.53. The zero-order valence-electron chi connectivity index (χ0n) is 21.8. The lowest BCUT2D eigenvalue weighted by Crippen LogP contribution is -2.67. The van der Waals surface area contributed by atoms with Crippen LogP contribution in [0.3, 0.4) is 0 Å². The van der Waals surface area contributed by atoms with Gasteiger partial charge >= 0.3 is 5.97 Å². The number of nitrogens with zero attached hydrogens (tertiary/aromatic N) is 3. The summed E-state index contributed by atoms with van der Waals surface area (Å²) in [4.78, 5) is 15.4. The summed E-state index contributed by atoms with van der Waals surface area (Å²) >= 11 is 0. The maximum absolute atomic E-state index is 12.4. The minimum atomic E-state index is -2.95. The molecule has 0 saturated carbocycles. The Hall–Kier alpha value is -3.46. The van der Waals surface area contributed by atoms with Crippen molar-refractivity contribution in [3.05, 3.63) is 107 Å². The van der Waals surface area contributed by atoms with Crippen molar-refractivity contribution in [2.24, 2.45) is 5.11 Å². The van der Waals surface area contributed by atoms with Crippen molar-refractivity contribution < 1.29 is 23.8 Å². The monoisotopic (exact) mass is 531 g/mol. The highest BCUT2D eigenvalue weighted by atomic mass is 28.4. The number of benzene rings is 3. The smallest absolute Gasteiger partial charge is 0.338 e. The molecule has 1 saturated heterocycles. The number of carbonyl (C=O) groups is 1. The Morgan fingerprint density at radius 3 is 2.00 bits per heavy atom. The Kier molecular flexibility index (Phi) is 8.66. The number of carbonyl (C=O) groups excluding carboxylic acids is 1. The number of cyclic esters (lactones) is 1. The van der Waals surface area contributed by atoms with Crippen LogP contribution in [-0.4, -0.2) is 50.4 Å². The van der Waals surface area contributed by atoms with E-state index >= 15 is 0 Å². The summed E-state index contributed by atoms with van der Waals surface area (Å²) < 4.78 is 18.4. The lowest BCUT2D eigenvalue weighted by atomic mass is 10.0. The van der Waals surface area contributed by atoms with Crippen LogP contribution in [0.25, 0.3) is 10.4 Å². The largest absolute Gasteiger partial charge is 0.457 e. The lowest BCUT2D eigenvalue weighted by Gasteiger charge is -2.43. The van der Waals surface area contributed by atoms with Crippen LogP contribution in [0.5, 0.6) is 0 Å². The number of esters is 1. The molecule has 38 heavy (non-hydrogen) atoms. The molecule has 4 atom stereocenters. The van der Waals surface area contributed by atoms with Crippen LogP contribution in [0.1, 0.15) is 26.3 Å². The molecule has 0 aromatic heterocycles. The average Bonchev–Trinajstić information content (AvgIpc) is 3.21. The molecule has 0 radical (unpaired) electrons. The first kappa shape index (κ1) is 27.6. The SMILES string of the molecule is CC(C)(C)[Si](OC[C@@H](N=[N+]=[N-])[C@H]1OC(=O)[C@H](O)[C@H]1OCc1ccccc1)(c1ccccc1)c1ccccc1. The van der Waals surface area contributed by atoms with Crippen molar-refractivity contribution in [3.63, 3.8) is 0 Å². The Labute approximate surface area is 223 Å². The molecule has 8 nitrogen and oxygen atoms in total. The Bertz CT molecular complexity index is 1210. The maximum atomic E-state index is 12.4. The van der Waals surface area contributed by atoms with E-state index in [0.29, 0.717) is 0 Å². The van der Waals surface area contributed by atoms with E-state index in [1.54, 1.807) is 0 Å². The van der Waals surface area contributed by atoms with Gasteiger partial charge in [0.05, 0.1) is 12.6 Å². The quantitative estimate of drug-likeness (QED) is 0.139. The third-order valence-corrected chi connectivity index (χ3v) is 11.9. The Balaban J connectivity index is 1.67. The zero-order valence-corrected chi connectivity index (χ0v) is 22.8. The van der Waals surface area contributed by atoms with Crippen LogP contribution >= 0.6 is 0 Å². The normalized spacial score (nSPS) is 20.4. The lowest BCUT2D eigenvalue weighted by molar-refractivity contribution is -0.148. The van der Waals surface area contributed by atoms with Crippen molar-refractivity contribution in [2.45, 2.75) is 56.8 Å². The Morgan fingerprint density at radius 1 is 0.974 bits per heavy atom. The third kappa shape index (κ3) is 5.67. The fraction of sp³-hybridized carbons (Fsp3) is 0.345. The summed E-state index contributed by atoms with van der Waals surface area (Å²) in [7, 11) is -2.95. The number of ether oxygens (including phenoxy) is 2. The molecule has 0 bridgehead atoms. The van der Waals surface area contributed by atoms with Gasteiger partial charge in [0.2, 0.25) is 0 Å². The summed E-state index contributed by atoms with van der Waals surface area (Å²) in [5.41, 5.74) is 10.3. The van der Waals surface area contributed by atoms with Crippen LogP contribution < -0.4 is 10.4 Å². The third-order valence-electron chi connectivity index (χ3n) is 6.88. The van der Waals surface area contributed by atoms with E-state index in [9.17, 15) is 15.4 Å². The first-order valence-corrected chi connectivity index (χ1v) is 14.5. The minimum absolute atomic E-state index is 0.0206. The van der Waals surface area contributed by atoms with Crippen molar-refractivity contribution in [1.29, 1.82) is 0 Å². The van der Waals surface area contributed by atoms with E-state index in [1.807, 2.05) is 66.7 Å². The highest BCUT2D eigenvalue weighted by molar-refractivity contribution is 6.99. The maximum Gasteiger partial charge on any atom is 0.338 e. The molecule has 3 aromatic rings. The van der Waals surface area contributed by atoms with E-state index in [4.69, 9.17) is 13.9 Å². The number of hydrogen-bond donors (Lipinski definition) is 1. The summed E-state index contributed by atoms with van der Waals surface area (Å²) in [6, 6.07) is 28.7. The molecular formula is C29H33N3O5Si. The summed E-state index contributed by atoms with van der Waals surface area (Å²) in [5, 5.41) is 16.4. The number of aliphatic hydroxyl groups is 1. The van der Waals surface area contributed by atoms with Gasteiger partial charge in [-0.15, -0.1) is 0 Å². The van der Waals surface area contributed by atoms with E-state index in [2.05, 4.69) is 55.1 Å². The highest BCUT2D eigenvalue weighted by Crippen LogP contribution is 2.37. The topological polar surface area (TPSA) is 114 Å². The fourth-order valence-electron chi connectivity index (χ4n) is 5.07. The van der Waals surface area contributed by atoms with Gasteiger partial charge in [0.15, 0.2) is 6.10 Å². The van der Waals surface area contributed by atoms with Gasteiger partial charge in [-0.05, 0) is 26.5 Å². The molecule has 1 aliphatic rings. The molecule has 1 aliphatic heterocycles. The Morgan fingerprint density at radius 2 is 1.50 bits per heavy atom. The number of rotatable bonds is 10. The van der Waals surface area contributed by atoms with Gasteiger partial charge in [0, 0.05) is 11.5 Å². The number of hydrogen-bond acceptors (Lipinski definition) is 6. The molecule has 1 heterocycles. The van der Waals surface area contributed by atoms with Gasteiger partial charge in [-0.3, -0.25) is 0 Å². The molecule has 0 aliphatic carbocycles. The number of azide groups is 1. The van der Waals surface area contributed by atoms with Gasteiger partial charge in [0.1, 0.15) is 12.2 Å². The first-order valence-electron chi connectivity index (χ1n) is 12.6. The molecule has 1 N–H and O–H groups in total. The minimum Gasteiger partial charge on any atom is -0.457 e. The molecular weight excluding hydrogens is 498 g/mol.